The Labute approximate surface area is 164 Å². The zero-order valence-electron chi connectivity index (χ0n) is 15.9. The molecule has 3 rings (SSSR count). The van der Waals surface area contributed by atoms with Crippen LogP contribution in [0.3, 0.4) is 0 Å². The van der Waals surface area contributed by atoms with Gasteiger partial charge in [0.2, 0.25) is 0 Å². The van der Waals surface area contributed by atoms with Crippen LogP contribution in [0.25, 0.3) is 10.8 Å². The minimum Gasteiger partial charge on any atom is -0.434 e. The number of nitrogens with zero attached hydrogens (tertiary/aromatic N) is 3. The van der Waals surface area contributed by atoms with E-state index in [1.807, 2.05) is 0 Å². The molecule has 0 saturated carbocycles. The number of hydrazone groups is 1. The largest absolute Gasteiger partial charge is 0.434 e. The van der Waals surface area contributed by atoms with Crippen LogP contribution in [0.2, 0.25) is 0 Å². The van der Waals surface area contributed by atoms with Crippen LogP contribution >= 0.6 is 0 Å². The third-order valence-corrected chi connectivity index (χ3v) is 4.24. The molecule has 0 aliphatic carbocycles. The number of rotatable bonds is 5. The summed E-state index contributed by atoms with van der Waals surface area (Å²) in [6, 6.07) is 11.3. The van der Waals surface area contributed by atoms with Gasteiger partial charge in [-0.1, -0.05) is 29.8 Å². The van der Waals surface area contributed by atoms with Gasteiger partial charge in [0.25, 0.3) is 11.5 Å². The molecule has 1 heterocycles. The second kappa shape index (κ2) is 8.17. The Kier molecular flexibility index (Phi) is 5.67. The highest BCUT2D eigenvalue weighted by Gasteiger charge is 2.16. The van der Waals surface area contributed by atoms with E-state index in [2.05, 4.69) is 20.4 Å². The molecule has 0 spiro atoms. The van der Waals surface area contributed by atoms with Gasteiger partial charge in [-0.05, 0) is 32.0 Å². The summed E-state index contributed by atoms with van der Waals surface area (Å²) in [7, 11) is 1.45. The van der Waals surface area contributed by atoms with E-state index in [1.54, 1.807) is 50.2 Å². The van der Waals surface area contributed by atoms with Gasteiger partial charge in [-0.25, -0.2) is 10.1 Å². The molecule has 2 aromatic carbocycles. The minimum atomic E-state index is -2.99. The average Bonchev–Trinajstić information content (AvgIpc) is 2.69. The van der Waals surface area contributed by atoms with Crippen molar-refractivity contribution in [1.29, 1.82) is 0 Å². The molecular formula is C20H18F2N4O3. The molecule has 0 fully saturated rings. The highest BCUT2D eigenvalue weighted by molar-refractivity contribution is 6.06. The van der Waals surface area contributed by atoms with Crippen LogP contribution in [0, 0.1) is 6.92 Å². The molecule has 0 unspecified atom stereocenters. The smallest absolute Gasteiger partial charge is 0.387 e. The number of hydrogen-bond donors (Lipinski definition) is 1. The molecular weight excluding hydrogens is 382 g/mol. The maximum absolute atomic E-state index is 12.7. The van der Waals surface area contributed by atoms with Crippen molar-refractivity contribution in [3.63, 3.8) is 0 Å². The molecule has 150 valence electrons. The topological polar surface area (TPSA) is 85.6 Å². The molecule has 0 bridgehead atoms. The number of fused-ring (bicyclic) bond motifs is 1. The van der Waals surface area contributed by atoms with E-state index in [0.29, 0.717) is 16.3 Å². The molecule has 0 aliphatic rings. The van der Waals surface area contributed by atoms with Crippen molar-refractivity contribution in [3.8, 4) is 5.75 Å². The number of carbonyl (C=O) groups is 1. The van der Waals surface area contributed by atoms with Crippen LogP contribution in [-0.4, -0.2) is 28.0 Å². The van der Waals surface area contributed by atoms with Gasteiger partial charge in [0, 0.05) is 18.0 Å². The van der Waals surface area contributed by atoms with Crippen LogP contribution < -0.4 is 15.7 Å². The van der Waals surface area contributed by atoms with Crippen molar-refractivity contribution in [3.05, 3.63) is 69.6 Å². The summed E-state index contributed by atoms with van der Waals surface area (Å²) in [5, 5.41) is 8.76. The Morgan fingerprint density at radius 3 is 2.59 bits per heavy atom. The summed E-state index contributed by atoms with van der Waals surface area (Å²) < 4.78 is 30.9. The molecule has 1 aromatic heterocycles. The van der Waals surface area contributed by atoms with Crippen LogP contribution in [0.4, 0.5) is 8.78 Å². The Morgan fingerprint density at radius 2 is 1.90 bits per heavy atom. The first-order valence-electron chi connectivity index (χ1n) is 8.64. The summed E-state index contributed by atoms with van der Waals surface area (Å²) >= 11 is 0. The van der Waals surface area contributed by atoms with E-state index >= 15 is 0 Å². The van der Waals surface area contributed by atoms with Crippen molar-refractivity contribution in [2.45, 2.75) is 20.5 Å². The first-order chi connectivity index (χ1) is 13.8. The number of benzene rings is 2. The van der Waals surface area contributed by atoms with E-state index in [0.717, 1.165) is 10.2 Å². The van der Waals surface area contributed by atoms with Crippen molar-refractivity contribution in [2.24, 2.45) is 12.1 Å². The van der Waals surface area contributed by atoms with E-state index in [-0.39, 0.29) is 22.7 Å². The summed E-state index contributed by atoms with van der Waals surface area (Å²) in [6.45, 7) is 0.363. The third kappa shape index (κ3) is 4.29. The zero-order chi connectivity index (χ0) is 21.1. The minimum absolute atomic E-state index is 0.0209. The fourth-order valence-corrected chi connectivity index (χ4v) is 2.84. The standard InChI is InChI=1S/C20H18F2N4O3/c1-11-8-9-16(29-20(21)22)15(10-11)12(2)23-24-18(27)17-13-6-4-5-7-14(13)19(28)26(3)25-17/h4-10,20H,1-3H3,(H,24,27)/b23-12-. The lowest BCUT2D eigenvalue weighted by molar-refractivity contribution is -0.0499. The Balaban J connectivity index is 1.94. The summed E-state index contributed by atoms with van der Waals surface area (Å²) in [5.74, 6) is -0.688. The number of carbonyl (C=O) groups excluding carboxylic acids is 1. The van der Waals surface area contributed by atoms with E-state index < -0.39 is 12.5 Å². The van der Waals surface area contributed by atoms with Gasteiger partial charge in [0.05, 0.1) is 11.1 Å². The number of amides is 1. The number of alkyl halides is 2. The van der Waals surface area contributed by atoms with E-state index in [9.17, 15) is 18.4 Å². The molecule has 9 heteroatoms. The van der Waals surface area contributed by atoms with Crippen molar-refractivity contribution in [2.75, 3.05) is 0 Å². The first-order valence-corrected chi connectivity index (χ1v) is 8.64. The molecule has 0 atom stereocenters. The van der Waals surface area contributed by atoms with Crippen LogP contribution in [0.1, 0.15) is 28.5 Å². The van der Waals surface area contributed by atoms with Gasteiger partial charge in [0.15, 0.2) is 5.69 Å². The number of nitrogens with one attached hydrogen (secondary N) is 1. The molecule has 0 saturated heterocycles. The van der Waals surface area contributed by atoms with E-state index in [4.69, 9.17) is 0 Å². The van der Waals surface area contributed by atoms with Gasteiger partial charge in [-0.15, -0.1) is 0 Å². The lowest BCUT2D eigenvalue weighted by atomic mass is 10.1. The highest BCUT2D eigenvalue weighted by atomic mass is 19.3. The monoisotopic (exact) mass is 400 g/mol. The average molecular weight is 400 g/mol. The second-order valence-corrected chi connectivity index (χ2v) is 6.34. The van der Waals surface area contributed by atoms with Crippen molar-refractivity contribution in [1.82, 2.24) is 15.2 Å². The van der Waals surface area contributed by atoms with Gasteiger partial charge in [-0.2, -0.15) is 19.0 Å². The second-order valence-electron chi connectivity index (χ2n) is 6.34. The number of halogens is 2. The van der Waals surface area contributed by atoms with Gasteiger partial charge < -0.3 is 4.74 Å². The third-order valence-electron chi connectivity index (χ3n) is 4.24. The Morgan fingerprint density at radius 1 is 1.21 bits per heavy atom. The fraction of sp³-hybridized carbons (Fsp3) is 0.200. The van der Waals surface area contributed by atoms with E-state index in [1.165, 1.54) is 13.1 Å². The highest BCUT2D eigenvalue weighted by Crippen LogP contribution is 2.23. The molecule has 0 aliphatic heterocycles. The molecule has 3 aromatic rings. The van der Waals surface area contributed by atoms with Gasteiger partial charge >= 0.3 is 6.61 Å². The molecule has 7 nitrogen and oxygen atoms in total. The number of aryl methyl sites for hydroxylation is 2. The normalized spacial score (nSPS) is 11.7. The molecule has 1 N–H and O–H groups in total. The van der Waals surface area contributed by atoms with Crippen LogP contribution in [0.5, 0.6) is 5.75 Å². The zero-order valence-corrected chi connectivity index (χ0v) is 15.9. The molecule has 0 radical (unpaired) electrons. The number of aromatic nitrogens is 2. The molecule has 29 heavy (non-hydrogen) atoms. The lowest BCUT2D eigenvalue weighted by Crippen LogP contribution is -2.27. The first kappa shape index (κ1) is 20.1. The maximum Gasteiger partial charge on any atom is 0.387 e. The lowest BCUT2D eigenvalue weighted by Gasteiger charge is -2.12. The predicted molar refractivity (Wildman–Crippen MR) is 104 cm³/mol. The Bertz CT molecular complexity index is 1170. The summed E-state index contributed by atoms with van der Waals surface area (Å²) in [5.41, 5.74) is 3.46. The summed E-state index contributed by atoms with van der Waals surface area (Å²) in [4.78, 5) is 24.8. The van der Waals surface area contributed by atoms with Crippen molar-refractivity contribution < 1.29 is 18.3 Å². The van der Waals surface area contributed by atoms with Gasteiger partial charge in [0.1, 0.15) is 5.75 Å². The van der Waals surface area contributed by atoms with Crippen LogP contribution in [-0.2, 0) is 7.05 Å². The maximum atomic E-state index is 12.7. The predicted octanol–water partition coefficient (Wildman–Crippen LogP) is 3.00. The fourth-order valence-electron chi connectivity index (χ4n) is 2.84. The SMILES string of the molecule is C/C(=N/NC(=O)c1nn(C)c(=O)c2ccccc12)c1cc(C)ccc1OC(F)F. The summed E-state index contributed by atoms with van der Waals surface area (Å²) in [6.07, 6.45) is 0. The Hall–Kier alpha value is -3.62. The molecule has 1 amide bonds. The van der Waals surface area contributed by atoms with Gasteiger partial charge in [-0.3, -0.25) is 9.59 Å². The number of ether oxygens (including phenoxy) is 1. The number of hydrogen-bond acceptors (Lipinski definition) is 5. The van der Waals surface area contributed by atoms with Crippen LogP contribution in [0.15, 0.2) is 52.4 Å². The van der Waals surface area contributed by atoms with Crippen molar-refractivity contribution >= 4 is 22.4 Å². The quantitative estimate of drug-likeness (QED) is 0.527.